The largest absolute Gasteiger partial charge is 0.369 e. The summed E-state index contributed by atoms with van der Waals surface area (Å²) in [5.74, 6) is -0.0842. The first kappa shape index (κ1) is 11.9. The van der Waals surface area contributed by atoms with E-state index in [0.29, 0.717) is 17.7 Å². The Balaban J connectivity index is 1.76. The fourth-order valence-corrected chi connectivity index (χ4v) is 2.47. The summed E-state index contributed by atoms with van der Waals surface area (Å²) in [5, 5.41) is 10.2. The molecule has 96 valence electrons. The molecule has 0 aliphatic carbocycles. The van der Waals surface area contributed by atoms with Crippen LogP contribution in [0.5, 0.6) is 0 Å². The number of aliphatic hydroxyl groups is 1. The molecule has 1 N–H and O–H groups in total. The highest BCUT2D eigenvalue weighted by Gasteiger charge is 2.34. The fraction of sp³-hybridized carbons (Fsp3) is 0.188. The molecule has 1 amide bonds. The van der Waals surface area contributed by atoms with Gasteiger partial charge in [-0.05, 0) is 18.1 Å². The summed E-state index contributed by atoms with van der Waals surface area (Å²) in [7, 11) is 0. The maximum Gasteiger partial charge on any atom is 0.256 e. The second kappa shape index (κ2) is 4.86. The van der Waals surface area contributed by atoms with E-state index in [1.807, 2.05) is 42.5 Å². The molecule has 1 aliphatic rings. The number of rotatable bonds is 3. The molecule has 19 heavy (non-hydrogen) atoms. The average molecular weight is 253 g/mol. The molecule has 0 radical (unpaired) electrons. The zero-order valence-corrected chi connectivity index (χ0v) is 10.5. The predicted molar refractivity (Wildman–Crippen MR) is 72.6 cm³/mol. The molecule has 2 aromatic rings. The highest BCUT2D eigenvalue weighted by Crippen LogP contribution is 2.31. The number of fused-ring (bicyclic) bond motifs is 1. The molecule has 1 heterocycles. The normalized spacial score (nSPS) is 17.6. The van der Waals surface area contributed by atoms with Crippen molar-refractivity contribution >= 4 is 5.91 Å². The van der Waals surface area contributed by atoms with E-state index >= 15 is 0 Å². The van der Waals surface area contributed by atoms with Crippen molar-refractivity contribution in [1.82, 2.24) is 4.90 Å². The predicted octanol–water partition coefficient (Wildman–Crippen LogP) is 2.38. The number of hydrogen-bond acceptors (Lipinski definition) is 2. The zero-order chi connectivity index (χ0) is 13.2. The van der Waals surface area contributed by atoms with Crippen molar-refractivity contribution in [2.45, 2.75) is 12.6 Å². The third-order valence-electron chi connectivity index (χ3n) is 3.51. The first-order valence-corrected chi connectivity index (χ1v) is 6.39. The summed E-state index contributed by atoms with van der Waals surface area (Å²) < 4.78 is 0. The minimum atomic E-state index is -0.813. The molecule has 3 heteroatoms. The molecule has 3 nitrogen and oxygen atoms in total. The number of carbonyl (C=O) groups is 1. The SMILES string of the molecule is O=C1c2ccccc2[C@@H](O)N1CCc1ccccc1. The van der Waals surface area contributed by atoms with E-state index in [2.05, 4.69) is 0 Å². The van der Waals surface area contributed by atoms with Crippen molar-refractivity contribution in [3.05, 3.63) is 71.3 Å². The van der Waals surface area contributed by atoms with Gasteiger partial charge in [-0.2, -0.15) is 0 Å². The lowest BCUT2D eigenvalue weighted by atomic mass is 10.1. The molecule has 1 atom stereocenters. The standard InChI is InChI=1S/C16H15NO2/c18-15-13-8-4-5-9-14(13)16(19)17(15)11-10-12-6-2-1-3-7-12/h1-9,15,18H,10-11H2/t15-/m1/s1. The molecule has 0 unspecified atom stereocenters. The molecule has 0 bridgehead atoms. The number of amides is 1. The van der Waals surface area contributed by atoms with Gasteiger partial charge in [0.05, 0.1) is 0 Å². The Morgan fingerprint density at radius 3 is 2.42 bits per heavy atom. The number of carbonyl (C=O) groups excluding carboxylic acids is 1. The molecule has 0 saturated carbocycles. The summed E-state index contributed by atoms with van der Waals surface area (Å²) in [4.78, 5) is 13.7. The van der Waals surface area contributed by atoms with Crippen LogP contribution in [0.1, 0.15) is 27.7 Å². The summed E-state index contributed by atoms with van der Waals surface area (Å²) >= 11 is 0. The highest BCUT2D eigenvalue weighted by atomic mass is 16.3. The van der Waals surface area contributed by atoms with Crippen molar-refractivity contribution in [2.24, 2.45) is 0 Å². The molecule has 2 aromatic carbocycles. The minimum Gasteiger partial charge on any atom is -0.369 e. The van der Waals surface area contributed by atoms with E-state index in [0.717, 1.165) is 6.42 Å². The van der Waals surface area contributed by atoms with E-state index in [4.69, 9.17) is 0 Å². The first-order valence-electron chi connectivity index (χ1n) is 6.39. The topological polar surface area (TPSA) is 40.5 Å². The van der Waals surface area contributed by atoms with Crippen LogP contribution in [0, 0.1) is 0 Å². The Kier molecular flexibility index (Phi) is 3.05. The molecule has 1 aliphatic heterocycles. The maximum absolute atomic E-state index is 12.2. The molecule has 3 rings (SSSR count). The molecular weight excluding hydrogens is 238 g/mol. The third kappa shape index (κ3) is 2.13. The number of hydrogen-bond donors (Lipinski definition) is 1. The van der Waals surface area contributed by atoms with Crippen molar-refractivity contribution < 1.29 is 9.90 Å². The van der Waals surface area contributed by atoms with Crippen molar-refractivity contribution in [2.75, 3.05) is 6.54 Å². The van der Waals surface area contributed by atoms with E-state index in [-0.39, 0.29) is 5.91 Å². The van der Waals surface area contributed by atoms with Gasteiger partial charge in [0.15, 0.2) is 6.23 Å². The van der Waals surface area contributed by atoms with E-state index < -0.39 is 6.23 Å². The number of nitrogens with zero attached hydrogens (tertiary/aromatic N) is 1. The van der Waals surface area contributed by atoms with Gasteiger partial charge >= 0.3 is 0 Å². The van der Waals surface area contributed by atoms with Gasteiger partial charge in [0.25, 0.3) is 5.91 Å². The Hall–Kier alpha value is -2.13. The van der Waals surface area contributed by atoms with Crippen LogP contribution in [0.15, 0.2) is 54.6 Å². The summed E-state index contributed by atoms with van der Waals surface area (Å²) in [6.45, 7) is 0.526. The van der Waals surface area contributed by atoms with Crippen LogP contribution in [-0.4, -0.2) is 22.5 Å². The second-order valence-electron chi connectivity index (χ2n) is 4.70. The Labute approximate surface area is 112 Å². The zero-order valence-electron chi connectivity index (χ0n) is 10.5. The van der Waals surface area contributed by atoms with Gasteiger partial charge in [-0.25, -0.2) is 0 Å². The van der Waals surface area contributed by atoms with E-state index in [1.165, 1.54) is 10.5 Å². The van der Waals surface area contributed by atoms with Crippen LogP contribution in [-0.2, 0) is 6.42 Å². The van der Waals surface area contributed by atoms with Crippen LogP contribution in [0.25, 0.3) is 0 Å². The maximum atomic E-state index is 12.2. The van der Waals surface area contributed by atoms with Crippen molar-refractivity contribution in [3.8, 4) is 0 Å². The second-order valence-corrected chi connectivity index (χ2v) is 4.70. The molecule has 0 saturated heterocycles. The lowest BCUT2D eigenvalue weighted by Gasteiger charge is -2.20. The van der Waals surface area contributed by atoms with Gasteiger partial charge in [-0.15, -0.1) is 0 Å². The third-order valence-corrected chi connectivity index (χ3v) is 3.51. The van der Waals surface area contributed by atoms with Gasteiger partial charge in [-0.3, -0.25) is 4.79 Å². The van der Waals surface area contributed by atoms with Crippen LogP contribution in [0.2, 0.25) is 0 Å². The molecule has 0 spiro atoms. The van der Waals surface area contributed by atoms with Crippen LogP contribution in [0.3, 0.4) is 0 Å². The van der Waals surface area contributed by atoms with Gasteiger partial charge in [0, 0.05) is 17.7 Å². The lowest BCUT2D eigenvalue weighted by Crippen LogP contribution is -2.30. The fourth-order valence-electron chi connectivity index (χ4n) is 2.47. The minimum absolute atomic E-state index is 0.0842. The summed E-state index contributed by atoms with van der Waals surface area (Å²) in [6.07, 6.45) is -0.0649. The smallest absolute Gasteiger partial charge is 0.256 e. The van der Waals surface area contributed by atoms with Crippen molar-refractivity contribution in [1.29, 1.82) is 0 Å². The Bertz CT molecular complexity index is 595. The molecule has 0 aromatic heterocycles. The molecular formula is C16H15NO2. The van der Waals surface area contributed by atoms with Gasteiger partial charge in [0.2, 0.25) is 0 Å². The van der Waals surface area contributed by atoms with Gasteiger partial charge < -0.3 is 10.0 Å². The quantitative estimate of drug-likeness (QED) is 0.912. The summed E-state index contributed by atoms with van der Waals surface area (Å²) in [5.41, 5.74) is 2.49. The van der Waals surface area contributed by atoms with Crippen LogP contribution < -0.4 is 0 Å². The highest BCUT2D eigenvalue weighted by molar-refractivity contribution is 5.98. The number of benzene rings is 2. The number of aliphatic hydroxyl groups excluding tert-OH is 1. The molecule has 0 fully saturated rings. The Morgan fingerprint density at radius 2 is 1.68 bits per heavy atom. The Morgan fingerprint density at radius 1 is 1.00 bits per heavy atom. The van der Waals surface area contributed by atoms with E-state index in [1.54, 1.807) is 12.1 Å². The monoisotopic (exact) mass is 253 g/mol. The average Bonchev–Trinajstić information content (AvgIpc) is 2.71. The van der Waals surface area contributed by atoms with E-state index in [9.17, 15) is 9.90 Å². The lowest BCUT2D eigenvalue weighted by molar-refractivity contribution is 0.0182. The van der Waals surface area contributed by atoms with Crippen LogP contribution in [0.4, 0.5) is 0 Å². The summed E-state index contributed by atoms with van der Waals surface area (Å²) in [6, 6.07) is 17.2. The van der Waals surface area contributed by atoms with Crippen LogP contribution >= 0.6 is 0 Å². The van der Waals surface area contributed by atoms with Crippen molar-refractivity contribution in [3.63, 3.8) is 0 Å². The first-order chi connectivity index (χ1) is 9.27. The van der Waals surface area contributed by atoms with Gasteiger partial charge in [-0.1, -0.05) is 48.5 Å². The van der Waals surface area contributed by atoms with Gasteiger partial charge in [0.1, 0.15) is 0 Å².